The first kappa shape index (κ1) is 17.0. The quantitative estimate of drug-likeness (QED) is 0.653. The van der Waals surface area contributed by atoms with E-state index in [9.17, 15) is 24.6 Å². The fourth-order valence-electron chi connectivity index (χ4n) is 2.20. The van der Waals surface area contributed by atoms with Gasteiger partial charge in [0.15, 0.2) is 0 Å². The number of aromatic carboxylic acids is 2. The van der Waals surface area contributed by atoms with Gasteiger partial charge in [0.1, 0.15) is 22.6 Å². The van der Waals surface area contributed by atoms with Gasteiger partial charge in [0.25, 0.3) is 0 Å². The van der Waals surface area contributed by atoms with Crippen LogP contribution in [0.25, 0.3) is 0 Å². The summed E-state index contributed by atoms with van der Waals surface area (Å²) in [6.07, 6.45) is -1.23. The van der Waals surface area contributed by atoms with Crippen molar-refractivity contribution < 1.29 is 34.1 Å². The third-order valence-electron chi connectivity index (χ3n) is 3.28. The van der Waals surface area contributed by atoms with Gasteiger partial charge < -0.3 is 19.7 Å². The molecule has 24 heavy (non-hydrogen) atoms. The molecule has 0 saturated heterocycles. The smallest absolute Gasteiger partial charge is 0.478 e. The van der Waals surface area contributed by atoms with E-state index in [0.29, 0.717) is 11.1 Å². The molecule has 0 aromatic heterocycles. The Hall–Kier alpha value is -3.35. The Bertz CT molecular complexity index is 756. The molecule has 2 N–H and O–H groups in total. The summed E-state index contributed by atoms with van der Waals surface area (Å²) in [6.45, 7) is 3.12. The van der Waals surface area contributed by atoms with Gasteiger partial charge in [0.05, 0.1) is 0 Å². The van der Waals surface area contributed by atoms with Gasteiger partial charge in [0.2, 0.25) is 0 Å². The van der Waals surface area contributed by atoms with Crippen LogP contribution >= 0.6 is 0 Å². The molecule has 0 heterocycles. The molecule has 7 nitrogen and oxygen atoms in total. The van der Waals surface area contributed by atoms with Crippen molar-refractivity contribution in [2.24, 2.45) is 0 Å². The molecule has 0 bridgehead atoms. The van der Waals surface area contributed by atoms with Crippen LogP contribution in [0.4, 0.5) is 4.79 Å². The molecule has 0 radical (unpaired) electrons. The zero-order valence-electron chi connectivity index (χ0n) is 12.9. The van der Waals surface area contributed by atoms with Crippen LogP contribution < -0.4 is 9.47 Å². The van der Waals surface area contributed by atoms with E-state index < -0.39 is 18.1 Å². The summed E-state index contributed by atoms with van der Waals surface area (Å²) < 4.78 is 9.86. The van der Waals surface area contributed by atoms with Crippen LogP contribution in [0.15, 0.2) is 36.4 Å². The number of ether oxygens (including phenoxy) is 2. The second-order valence-electron chi connectivity index (χ2n) is 4.96. The molecule has 0 unspecified atom stereocenters. The SMILES string of the molecule is Cc1cccc(OC(=O)Oc2cccc(C)c2C(=O)O)c1C(=O)O. The van der Waals surface area contributed by atoms with E-state index >= 15 is 0 Å². The molecule has 2 aromatic rings. The van der Waals surface area contributed by atoms with E-state index in [1.165, 1.54) is 24.3 Å². The largest absolute Gasteiger partial charge is 0.519 e. The number of carboxylic acid groups (broad SMARTS) is 2. The molecular weight excluding hydrogens is 316 g/mol. The average molecular weight is 330 g/mol. The number of carboxylic acids is 2. The van der Waals surface area contributed by atoms with Crippen molar-refractivity contribution >= 4 is 18.1 Å². The van der Waals surface area contributed by atoms with Gasteiger partial charge in [-0.2, -0.15) is 0 Å². The minimum atomic E-state index is -1.25. The third-order valence-corrected chi connectivity index (χ3v) is 3.28. The second-order valence-corrected chi connectivity index (χ2v) is 4.96. The Morgan fingerprint density at radius 2 is 1.12 bits per heavy atom. The summed E-state index contributed by atoms with van der Waals surface area (Å²) in [6, 6.07) is 8.80. The number of benzene rings is 2. The number of hydrogen-bond donors (Lipinski definition) is 2. The van der Waals surface area contributed by atoms with Crippen LogP contribution in [-0.4, -0.2) is 28.3 Å². The Morgan fingerprint density at radius 3 is 1.46 bits per heavy atom. The van der Waals surface area contributed by atoms with E-state index in [1.807, 2.05) is 0 Å². The number of carbonyl (C=O) groups excluding carboxylic acids is 1. The highest BCUT2D eigenvalue weighted by molar-refractivity contribution is 5.94. The minimum absolute atomic E-state index is 0.169. The number of rotatable bonds is 4. The third kappa shape index (κ3) is 3.52. The lowest BCUT2D eigenvalue weighted by molar-refractivity contribution is 0.0683. The van der Waals surface area contributed by atoms with Crippen molar-refractivity contribution in [3.8, 4) is 11.5 Å². The van der Waals surface area contributed by atoms with Crippen molar-refractivity contribution in [2.75, 3.05) is 0 Å². The number of aryl methyl sites for hydroxylation is 2. The summed E-state index contributed by atoms with van der Waals surface area (Å²) in [5.74, 6) is -2.87. The fraction of sp³-hybridized carbons (Fsp3) is 0.118. The highest BCUT2D eigenvalue weighted by atomic mass is 16.7. The maximum atomic E-state index is 11.9. The zero-order chi connectivity index (χ0) is 17.9. The van der Waals surface area contributed by atoms with Crippen LogP contribution in [0, 0.1) is 13.8 Å². The molecule has 0 fully saturated rings. The molecule has 0 spiro atoms. The zero-order valence-corrected chi connectivity index (χ0v) is 12.9. The molecule has 0 aliphatic rings. The molecule has 0 aliphatic carbocycles. The second kappa shape index (κ2) is 6.82. The Balaban J connectivity index is 2.28. The molecule has 7 heteroatoms. The van der Waals surface area contributed by atoms with Crippen LogP contribution in [-0.2, 0) is 0 Å². The fourth-order valence-corrected chi connectivity index (χ4v) is 2.20. The van der Waals surface area contributed by atoms with Crippen LogP contribution in [0.5, 0.6) is 11.5 Å². The molecule has 0 aliphatic heterocycles. The molecule has 2 aromatic carbocycles. The molecule has 124 valence electrons. The van der Waals surface area contributed by atoms with Crippen molar-refractivity contribution in [3.05, 3.63) is 58.7 Å². The standard InChI is InChI=1S/C17H14O7/c1-9-5-3-7-11(13(9)15(18)19)23-17(22)24-12-8-4-6-10(2)14(12)16(20)21/h3-8H,1-2H3,(H,18,19)(H,20,21). The maximum Gasteiger partial charge on any atom is 0.519 e. The first-order valence-electron chi connectivity index (χ1n) is 6.86. The molecule has 0 amide bonds. The van der Waals surface area contributed by atoms with Gasteiger partial charge in [0, 0.05) is 0 Å². The number of hydrogen-bond acceptors (Lipinski definition) is 5. The topological polar surface area (TPSA) is 110 Å². The van der Waals surface area contributed by atoms with Crippen LogP contribution in [0.2, 0.25) is 0 Å². The van der Waals surface area contributed by atoms with Crippen LogP contribution in [0.1, 0.15) is 31.8 Å². The molecule has 0 saturated carbocycles. The summed E-state index contributed by atoms with van der Waals surface area (Å²) in [4.78, 5) is 34.4. The van der Waals surface area contributed by atoms with Crippen molar-refractivity contribution in [1.29, 1.82) is 0 Å². The predicted molar refractivity (Wildman–Crippen MR) is 82.9 cm³/mol. The Kier molecular flexibility index (Phi) is 4.84. The van der Waals surface area contributed by atoms with Crippen molar-refractivity contribution in [3.63, 3.8) is 0 Å². The van der Waals surface area contributed by atoms with E-state index in [-0.39, 0.29) is 22.6 Å². The Labute approximate surface area is 137 Å². The van der Waals surface area contributed by atoms with Crippen molar-refractivity contribution in [2.45, 2.75) is 13.8 Å². The van der Waals surface area contributed by atoms with E-state index in [0.717, 1.165) is 0 Å². The average Bonchev–Trinajstić information content (AvgIpc) is 2.46. The monoisotopic (exact) mass is 330 g/mol. The lowest BCUT2D eigenvalue weighted by Gasteiger charge is -2.11. The number of carbonyl (C=O) groups is 3. The normalized spacial score (nSPS) is 10.1. The summed E-state index contributed by atoms with van der Waals surface area (Å²) >= 11 is 0. The first-order chi connectivity index (χ1) is 11.3. The van der Waals surface area contributed by atoms with E-state index in [2.05, 4.69) is 0 Å². The molecule has 0 atom stereocenters. The van der Waals surface area contributed by atoms with Crippen molar-refractivity contribution in [1.82, 2.24) is 0 Å². The van der Waals surface area contributed by atoms with Gasteiger partial charge in [-0.05, 0) is 37.1 Å². The highest BCUT2D eigenvalue weighted by Crippen LogP contribution is 2.25. The summed E-state index contributed by atoms with van der Waals surface area (Å²) in [7, 11) is 0. The predicted octanol–water partition coefficient (Wildman–Crippen LogP) is 3.28. The lowest BCUT2D eigenvalue weighted by Crippen LogP contribution is -2.18. The lowest BCUT2D eigenvalue weighted by atomic mass is 10.1. The van der Waals surface area contributed by atoms with E-state index in [1.54, 1.807) is 26.0 Å². The highest BCUT2D eigenvalue weighted by Gasteiger charge is 2.21. The van der Waals surface area contributed by atoms with Gasteiger partial charge in [-0.25, -0.2) is 14.4 Å². The van der Waals surface area contributed by atoms with E-state index in [4.69, 9.17) is 9.47 Å². The van der Waals surface area contributed by atoms with Crippen LogP contribution in [0.3, 0.4) is 0 Å². The minimum Gasteiger partial charge on any atom is -0.478 e. The van der Waals surface area contributed by atoms with Gasteiger partial charge in [-0.15, -0.1) is 0 Å². The Morgan fingerprint density at radius 1 is 0.750 bits per heavy atom. The van der Waals surface area contributed by atoms with Gasteiger partial charge in [-0.1, -0.05) is 24.3 Å². The van der Waals surface area contributed by atoms with Gasteiger partial charge in [-0.3, -0.25) is 0 Å². The van der Waals surface area contributed by atoms with Gasteiger partial charge >= 0.3 is 18.1 Å². The summed E-state index contributed by atoms with van der Waals surface area (Å²) in [5.41, 5.74) is 0.485. The first-order valence-corrected chi connectivity index (χ1v) is 6.86. The molecular formula is C17H14O7. The maximum absolute atomic E-state index is 11.9. The summed E-state index contributed by atoms with van der Waals surface area (Å²) in [5, 5.41) is 18.4. The molecule has 2 rings (SSSR count).